The molecule has 5 rings (SSSR count). The first-order valence-electron chi connectivity index (χ1n) is 13.0. The van der Waals surface area contributed by atoms with Crippen molar-refractivity contribution in [1.82, 2.24) is 14.9 Å². The fraction of sp³-hybridized carbons (Fsp3) is 0.414. The van der Waals surface area contributed by atoms with Crippen molar-refractivity contribution in [3.8, 4) is 0 Å². The largest absolute Gasteiger partial charge is 0.351 e. The summed E-state index contributed by atoms with van der Waals surface area (Å²) in [4.78, 5) is 19.1. The Hall–Kier alpha value is -3.19. The van der Waals surface area contributed by atoms with Gasteiger partial charge in [-0.2, -0.15) is 0 Å². The number of thiocarbonyl (C=S) groups is 1. The van der Waals surface area contributed by atoms with Gasteiger partial charge in [0, 0.05) is 41.9 Å². The highest BCUT2D eigenvalue weighted by Crippen LogP contribution is 2.43. The van der Waals surface area contributed by atoms with Crippen LogP contribution in [-0.4, -0.2) is 20.6 Å². The molecule has 2 atom stereocenters. The van der Waals surface area contributed by atoms with E-state index in [0.717, 1.165) is 22.6 Å². The number of carbonyl (C=O) groups is 1. The third kappa shape index (κ3) is 4.89. The predicted molar refractivity (Wildman–Crippen MR) is 149 cm³/mol. The normalized spacial score (nSPS) is 20.6. The Morgan fingerprint density at radius 2 is 1.94 bits per heavy atom. The lowest BCUT2D eigenvalue weighted by molar-refractivity contribution is -0.118. The Morgan fingerprint density at radius 3 is 2.64 bits per heavy atom. The van der Waals surface area contributed by atoms with Gasteiger partial charge in [0.05, 0.1) is 17.8 Å². The summed E-state index contributed by atoms with van der Waals surface area (Å²) in [6, 6.07) is 14.9. The van der Waals surface area contributed by atoms with E-state index in [1.807, 2.05) is 51.2 Å². The average molecular weight is 502 g/mol. The number of carbonyl (C=O) groups excluding carboxylic acids is 1. The number of anilines is 2. The number of hydrogen-bond donors (Lipinski definition) is 2. The van der Waals surface area contributed by atoms with Crippen LogP contribution < -0.4 is 15.5 Å². The van der Waals surface area contributed by atoms with Crippen molar-refractivity contribution >= 4 is 34.6 Å². The highest BCUT2D eigenvalue weighted by molar-refractivity contribution is 7.80. The van der Waals surface area contributed by atoms with Crippen LogP contribution >= 0.6 is 12.2 Å². The van der Waals surface area contributed by atoms with E-state index in [1.54, 1.807) is 0 Å². The van der Waals surface area contributed by atoms with Crippen molar-refractivity contribution in [1.29, 1.82) is 0 Å². The smallest absolute Gasteiger partial charge is 0.226 e. The zero-order valence-corrected chi connectivity index (χ0v) is 22.1. The maximum Gasteiger partial charge on any atom is 0.226 e. The quantitative estimate of drug-likeness (QED) is 0.379. The molecule has 1 saturated heterocycles. The van der Waals surface area contributed by atoms with Gasteiger partial charge in [0.15, 0.2) is 5.11 Å². The molecule has 0 spiro atoms. The van der Waals surface area contributed by atoms with E-state index < -0.39 is 0 Å². The molecule has 2 fully saturated rings. The number of nitrogens with one attached hydrogen (secondary N) is 2. The lowest BCUT2D eigenvalue weighted by atomic mass is 9.95. The molecule has 2 N–H and O–H groups in total. The van der Waals surface area contributed by atoms with Crippen molar-refractivity contribution in [2.24, 2.45) is 5.92 Å². The molecule has 188 valence electrons. The molecule has 1 aromatic carbocycles. The van der Waals surface area contributed by atoms with E-state index in [4.69, 9.17) is 12.2 Å². The molecule has 1 aliphatic carbocycles. The maximum absolute atomic E-state index is 12.3. The number of amides is 1. The van der Waals surface area contributed by atoms with Crippen molar-refractivity contribution in [3.05, 3.63) is 77.9 Å². The van der Waals surface area contributed by atoms with Gasteiger partial charge in [-0.1, -0.05) is 39.2 Å². The summed E-state index contributed by atoms with van der Waals surface area (Å²) in [5.41, 5.74) is 5.02. The Bertz CT molecular complexity index is 1230. The molecule has 1 amide bonds. The third-order valence-corrected chi connectivity index (χ3v) is 7.76. The highest BCUT2D eigenvalue weighted by atomic mass is 32.1. The predicted octanol–water partition coefficient (Wildman–Crippen LogP) is 6.47. The minimum absolute atomic E-state index is 0.0151. The summed E-state index contributed by atoms with van der Waals surface area (Å²) < 4.78 is 2.40. The molecule has 0 bridgehead atoms. The summed E-state index contributed by atoms with van der Waals surface area (Å²) in [7, 11) is 0. The van der Waals surface area contributed by atoms with Crippen LogP contribution in [-0.2, 0) is 4.79 Å². The lowest BCUT2D eigenvalue weighted by Gasteiger charge is -2.28. The van der Waals surface area contributed by atoms with Crippen LogP contribution in [0.1, 0.15) is 80.9 Å². The van der Waals surface area contributed by atoms with Gasteiger partial charge in [0.2, 0.25) is 5.91 Å². The summed E-state index contributed by atoms with van der Waals surface area (Å²) in [5, 5.41) is 7.27. The molecule has 0 unspecified atom stereocenters. The second kappa shape index (κ2) is 10.4. The standard InChI is InChI=1S/C29H35N5OS/c1-19(2)28(35)31-24-13-12-23(17-20(24)3)34-27(26(32-29(34)36)25-11-7-8-15-30-25)21-14-16-33(18-21)22-9-5-4-6-10-22/h7-8,11-19,22,26-27H,4-6,9-10H2,1-3H3,(H,31,35)(H,32,36)/t26-,27+/m1/s1. The number of rotatable bonds is 6. The van der Waals surface area contributed by atoms with Crippen molar-refractivity contribution in [3.63, 3.8) is 0 Å². The number of aryl methyl sites for hydroxylation is 1. The monoisotopic (exact) mass is 501 g/mol. The molecule has 3 aromatic rings. The summed E-state index contributed by atoms with van der Waals surface area (Å²) in [6.45, 7) is 5.82. The van der Waals surface area contributed by atoms with Gasteiger partial charge in [-0.15, -0.1) is 0 Å². The molecule has 2 aromatic heterocycles. The Balaban J connectivity index is 1.51. The first-order valence-corrected chi connectivity index (χ1v) is 13.4. The molecule has 6 nitrogen and oxygen atoms in total. The Morgan fingerprint density at radius 1 is 1.14 bits per heavy atom. The van der Waals surface area contributed by atoms with Crippen molar-refractivity contribution in [2.75, 3.05) is 10.2 Å². The zero-order chi connectivity index (χ0) is 25.2. The SMILES string of the molecule is Cc1cc(N2C(=S)N[C@H](c3ccccn3)[C@@H]2c2ccn(C3CCCCC3)c2)ccc1NC(=O)C(C)C. The Labute approximate surface area is 219 Å². The van der Waals surface area contributed by atoms with Gasteiger partial charge in [-0.25, -0.2) is 0 Å². The van der Waals surface area contributed by atoms with Crippen LogP contribution in [0.15, 0.2) is 61.1 Å². The second-order valence-corrected chi connectivity index (χ2v) is 10.7. The van der Waals surface area contributed by atoms with E-state index >= 15 is 0 Å². The minimum atomic E-state index is -0.0730. The van der Waals surface area contributed by atoms with Crippen molar-refractivity contribution in [2.45, 2.75) is 71.0 Å². The van der Waals surface area contributed by atoms with Gasteiger partial charge >= 0.3 is 0 Å². The average Bonchev–Trinajstić information content (AvgIpc) is 3.51. The van der Waals surface area contributed by atoms with Crippen LogP contribution in [0, 0.1) is 12.8 Å². The summed E-state index contributed by atoms with van der Waals surface area (Å²) in [5.74, 6) is -0.0579. The number of aromatic nitrogens is 2. The molecular weight excluding hydrogens is 466 g/mol. The van der Waals surface area contributed by atoms with Crippen LogP contribution in [0.4, 0.5) is 11.4 Å². The van der Waals surface area contributed by atoms with Gasteiger partial charge in [-0.3, -0.25) is 9.78 Å². The molecule has 1 saturated carbocycles. The summed E-state index contributed by atoms with van der Waals surface area (Å²) >= 11 is 5.90. The van der Waals surface area contributed by atoms with Gasteiger partial charge < -0.3 is 20.1 Å². The number of benzene rings is 1. The van der Waals surface area contributed by atoms with Crippen LogP contribution in [0.3, 0.4) is 0 Å². The minimum Gasteiger partial charge on any atom is -0.351 e. The van der Waals surface area contributed by atoms with Crippen LogP contribution in [0.5, 0.6) is 0 Å². The van der Waals surface area contributed by atoms with Crippen LogP contribution in [0.2, 0.25) is 0 Å². The first-order chi connectivity index (χ1) is 17.4. The maximum atomic E-state index is 12.3. The van der Waals surface area contributed by atoms with Crippen molar-refractivity contribution < 1.29 is 4.79 Å². The van der Waals surface area contributed by atoms with E-state index in [1.165, 1.54) is 37.7 Å². The van der Waals surface area contributed by atoms with Gasteiger partial charge in [0.25, 0.3) is 0 Å². The topological polar surface area (TPSA) is 62.2 Å². The number of pyridine rings is 1. The Kier molecular flexibility index (Phi) is 7.10. The van der Waals surface area contributed by atoms with E-state index in [-0.39, 0.29) is 23.9 Å². The zero-order valence-electron chi connectivity index (χ0n) is 21.3. The number of nitrogens with zero attached hydrogens (tertiary/aromatic N) is 3. The molecule has 2 aliphatic rings. The fourth-order valence-corrected chi connectivity index (χ4v) is 5.74. The molecule has 36 heavy (non-hydrogen) atoms. The molecule has 7 heteroatoms. The molecular formula is C29H35N5OS. The first kappa shape index (κ1) is 24.5. The van der Waals surface area contributed by atoms with Gasteiger partial charge in [-0.05, 0) is 79.5 Å². The highest BCUT2D eigenvalue weighted by Gasteiger charge is 2.41. The number of hydrogen-bond acceptors (Lipinski definition) is 3. The molecule has 1 aliphatic heterocycles. The third-order valence-electron chi connectivity index (χ3n) is 7.44. The van der Waals surface area contributed by atoms with E-state index in [9.17, 15) is 4.79 Å². The van der Waals surface area contributed by atoms with E-state index in [2.05, 4.69) is 55.7 Å². The second-order valence-electron chi connectivity index (χ2n) is 10.3. The van der Waals surface area contributed by atoms with E-state index in [0.29, 0.717) is 11.2 Å². The molecule has 3 heterocycles. The lowest BCUT2D eigenvalue weighted by Crippen LogP contribution is -2.29. The van der Waals surface area contributed by atoms with Crippen LogP contribution in [0.25, 0.3) is 0 Å². The van der Waals surface area contributed by atoms with Gasteiger partial charge in [0.1, 0.15) is 0 Å². The molecule has 0 radical (unpaired) electrons. The summed E-state index contributed by atoms with van der Waals surface area (Å²) in [6.07, 6.45) is 12.8. The fourth-order valence-electron chi connectivity index (χ4n) is 5.40.